The average molecular weight is 243 g/mol. The number of piperazine rings is 1. The van der Waals surface area contributed by atoms with Gasteiger partial charge in [-0.3, -0.25) is 9.69 Å². The van der Waals surface area contributed by atoms with Gasteiger partial charge in [0.05, 0.1) is 19.0 Å². The van der Waals surface area contributed by atoms with E-state index in [-0.39, 0.29) is 5.91 Å². The van der Waals surface area contributed by atoms with Crippen LogP contribution >= 0.6 is 0 Å². The molecule has 0 radical (unpaired) electrons. The number of nitrogens with zero attached hydrogens (tertiary/aromatic N) is 3. The predicted molar refractivity (Wildman–Crippen MR) is 68.8 cm³/mol. The molecule has 1 aliphatic heterocycles. The highest BCUT2D eigenvalue weighted by Crippen LogP contribution is 2.06. The Morgan fingerprint density at radius 1 is 1.17 bits per heavy atom. The zero-order chi connectivity index (χ0) is 12.8. The maximum absolute atomic E-state index is 12.1. The summed E-state index contributed by atoms with van der Waals surface area (Å²) in [5.74, 6) is 0.179. The van der Waals surface area contributed by atoms with Crippen LogP contribution in [0.1, 0.15) is 5.56 Å². The molecule has 0 N–H and O–H groups in total. The van der Waals surface area contributed by atoms with Gasteiger partial charge < -0.3 is 4.90 Å². The summed E-state index contributed by atoms with van der Waals surface area (Å²) in [6.45, 7) is 3.52. The first-order valence-corrected chi connectivity index (χ1v) is 6.20. The first kappa shape index (κ1) is 12.6. The minimum atomic E-state index is 0.179. The van der Waals surface area contributed by atoms with Gasteiger partial charge in [0, 0.05) is 26.2 Å². The molecule has 0 aliphatic carbocycles. The van der Waals surface area contributed by atoms with E-state index in [1.807, 2.05) is 35.2 Å². The van der Waals surface area contributed by atoms with Crippen LogP contribution in [0.3, 0.4) is 0 Å². The Labute approximate surface area is 107 Å². The molecule has 0 unspecified atom stereocenters. The fourth-order valence-corrected chi connectivity index (χ4v) is 2.14. The molecule has 0 saturated carbocycles. The number of nitriles is 1. The molecule has 4 heteroatoms. The van der Waals surface area contributed by atoms with Crippen LogP contribution in [-0.2, 0) is 11.2 Å². The number of benzene rings is 1. The zero-order valence-corrected chi connectivity index (χ0v) is 10.4. The fourth-order valence-electron chi connectivity index (χ4n) is 2.14. The molecule has 2 rings (SSSR count). The third-order valence-electron chi connectivity index (χ3n) is 3.22. The second kappa shape index (κ2) is 6.18. The van der Waals surface area contributed by atoms with Crippen LogP contribution in [0.5, 0.6) is 0 Å². The van der Waals surface area contributed by atoms with Gasteiger partial charge >= 0.3 is 0 Å². The minimum absolute atomic E-state index is 0.179. The second-order valence-corrected chi connectivity index (χ2v) is 4.48. The van der Waals surface area contributed by atoms with Crippen molar-refractivity contribution in [3.8, 4) is 6.07 Å². The first-order valence-electron chi connectivity index (χ1n) is 6.20. The lowest BCUT2D eigenvalue weighted by molar-refractivity contribution is -0.132. The van der Waals surface area contributed by atoms with Gasteiger partial charge in [-0.2, -0.15) is 5.26 Å². The Balaban J connectivity index is 1.83. The van der Waals surface area contributed by atoms with Crippen molar-refractivity contribution in [3.63, 3.8) is 0 Å². The number of carbonyl (C=O) groups excluding carboxylic acids is 1. The van der Waals surface area contributed by atoms with E-state index in [2.05, 4.69) is 11.0 Å². The Bertz CT molecular complexity index is 430. The molecule has 1 heterocycles. The normalized spacial score (nSPS) is 16.3. The lowest BCUT2D eigenvalue weighted by Crippen LogP contribution is -2.49. The lowest BCUT2D eigenvalue weighted by Gasteiger charge is -2.33. The Morgan fingerprint density at radius 3 is 2.44 bits per heavy atom. The number of hydrogen-bond donors (Lipinski definition) is 0. The summed E-state index contributed by atoms with van der Waals surface area (Å²) in [5, 5.41) is 8.62. The highest BCUT2D eigenvalue weighted by atomic mass is 16.2. The average Bonchev–Trinajstić information content (AvgIpc) is 2.41. The van der Waals surface area contributed by atoms with E-state index >= 15 is 0 Å². The Kier molecular flexibility index (Phi) is 4.32. The summed E-state index contributed by atoms with van der Waals surface area (Å²) in [6.07, 6.45) is 0.471. The van der Waals surface area contributed by atoms with Crippen LogP contribution in [0.2, 0.25) is 0 Å². The van der Waals surface area contributed by atoms with E-state index in [0.717, 1.165) is 31.7 Å². The zero-order valence-electron chi connectivity index (χ0n) is 10.4. The quantitative estimate of drug-likeness (QED) is 0.741. The van der Waals surface area contributed by atoms with Crippen molar-refractivity contribution in [1.82, 2.24) is 9.80 Å². The van der Waals surface area contributed by atoms with Gasteiger partial charge in [-0.1, -0.05) is 30.3 Å². The predicted octanol–water partition coefficient (Wildman–Crippen LogP) is 0.897. The maximum atomic E-state index is 12.1. The summed E-state index contributed by atoms with van der Waals surface area (Å²) in [6, 6.07) is 12.0. The van der Waals surface area contributed by atoms with Gasteiger partial charge in [-0.05, 0) is 5.56 Å². The first-order chi connectivity index (χ1) is 8.79. The molecule has 1 saturated heterocycles. The number of hydrogen-bond acceptors (Lipinski definition) is 3. The van der Waals surface area contributed by atoms with E-state index < -0.39 is 0 Å². The fraction of sp³-hybridized carbons (Fsp3) is 0.429. The molecule has 0 atom stereocenters. The summed E-state index contributed by atoms with van der Waals surface area (Å²) in [4.78, 5) is 16.0. The van der Waals surface area contributed by atoms with Crippen molar-refractivity contribution < 1.29 is 4.79 Å². The topological polar surface area (TPSA) is 47.3 Å². The summed E-state index contributed by atoms with van der Waals surface area (Å²) >= 11 is 0. The largest absolute Gasteiger partial charge is 0.340 e. The Morgan fingerprint density at radius 2 is 1.83 bits per heavy atom. The van der Waals surface area contributed by atoms with Crippen LogP contribution in [-0.4, -0.2) is 48.4 Å². The SMILES string of the molecule is N#CCN1CCN(C(=O)Cc2ccccc2)CC1. The van der Waals surface area contributed by atoms with Crippen molar-refractivity contribution >= 4 is 5.91 Å². The molecule has 0 bridgehead atoms. The lowest BCUT2D eigenvalue weighted by atomic mass is 10.1. The van der Waals surface area contributed by atoms with Gasteiger partial charge in [-0.15, -0.1) is 0 Å². The van der Waals surface area contributed by atoms with Crippen LogP contribution in [0.4, 0.5) is 0 Å². The summed E-state index contributed by atoms with van der Waals surface area (Å²) < 4.78 is 0. The molecule has 18 heavy (non-hydrogen) atoms. The van der Waals surface area contributed by atoms with E-state index in [9.17, 15) is 4.79 Å². The van der Waals surface area contributed by atoms with Crippen LogP contribution in [0.15, 0.2) is 30.3 Å². The molecule has 1 fully saturated rings. The van der Waals surface area contributed by atoms with Crippen LogP contribution in [0, 0.1) is 11.3 Å². The van der Waals surface area contributed by atoms with Gasteiger partial charge in [0.1, 0.15) is 0 Å². The molecular weight excluding hydrogens is 226 g/mol. The Hall–Kier alpha value is -1.86. The molecule has 1 aromatic carbocycles. The summed E-state index contributed by atoms with van der Waals surface area (Å²) in [5.41, 5.74) is 1.06. The molecule has 4 nitrogen and oxygen atoms in total. The molecular formula is C14H17N3O. The van der Waals surface area contributed by atoms with Gasteiger partial charge in [0.15, 0.2) is 0 Å². The van der Waals surface area contributed by atoms with Gasteiger partial charge in [-0.25, -0.2) is 0 Å². The number of carbonyl (C=O) groups is 1. The third-order valence-corrected chi connectivity index (χ3v) is 3.22. The molecule has 94 valence electrons. The monoisotopic (exact) mass is 243 g/mol. The third kappa shape index (κ3) is 3.31. The molecule has 0 aromatic heterocycles. The van der Waals surface area contributed by atoms with Crippen molar-refractivity contribution in [1.29, 1.82) is 5.26 Å². The molecule has 1 amide bonds. The van der Waals surface area contributed by atoms with E-state index in [4.69, 9.17) is 5.26 Å². The van der Waals surface area contributed by atoms with Crippen molar-refractivity contribution in [2.75, 3.05) is 32.7 Å². The van der Waals surface area contributed by atoms with Gasteiger partial charge in [0.2, 0.25) is 5.91 Å². The number of rotatable bonds is 3. The maximum Gasteiger partial charge on any atom is 0.227 e. The van der Waals surface area contributed by atoms with Crippen molar-refractivity contribution in [2.24, 2.45) is 0 Å². The smallest absolute Gasteiger partial charge is 0.227 e. The van der Waals surface area contributed by atoms with E-state index in [0.29, 0.717) is 13.0 Å². The highest BCUT2D eigenvalue weighted by molar-refractivity contribution is 5.78. The molecule has 1 aromatic rings. The van der Waals surface area contributed by atoms with Crippen molar-refractivity contribution in [2.45, 2.75) is 6.42 Å². The van der Waals surface area contributed by atoms with E-state index in [1.54, 1.807) is 0 Å². The van der Waals surface area contributed by atoms with Crippen molar-refractivity contribution in [3.05, 3.63) is 35.9 Å². The molecule has 0 spiro atoms. The van der Waals surface area contributed by atoms with Gasteiger partial charge in [0.25, 0.3) is 0 Å². The second-order valence-electron chi connectivity index (χ2n) is 4.48. The minimum Gasteiger partial charge on any atom is -0.340 e. The standard InChI is InChI=1S/C14H17N3O/c15-6-7-16-8-10-17(11-9-16)14(18)12-13-4-2-1-3-5-13/h1-5H,7-12H2. The summed E-state index contributed by atoms with van der Waals surface area (Å²) in [7, 11) is 0. The highest BCUT2D eigenvalue weighted by Gasteiger charge is 2.20. The molecule has 1 aliphatic rings. The van der Waals surface area contributed by atoms with Crippen LogP contribution < -0.4 is 0 Å². The number of amides is 1. The van der Waals surface area contributed by atoms with E-state index in [1.165, 1.54) is 0 Å². The van der Waals surface area contributed by atoms with Crippen LogP contribution in [0.25, 0.3) is 0 Å².